The average molecular weight is 192 g/mol. The molecule has 0 amide bonds. The van der Waals surface area contributed by atoms with Crippen LogP contribution in [0, 0.1) is 11.3 Å². The van der Waals surface area contributed by atoms with Gasteiger partial charge in [-0.15, -0.1) is 0 Å². The van der Waals surface area contributed by atoms with E-state index in [9.17, 15) is 13.2 Å². The van der Waals surface area contributed by atoms with Crippen LogP contribution in [0.2, 0.25) is 0 Å². The summed E-state index contributed by atoms with van der Waals surface area (Å²) in [6.07, 6.45) is 3.61. The van der Waals surface area contributed by atoms with Gasteiger partial charge < -0.3 is 5.11 Å². The van der Waals surface area contributed by atoms with E-state index >= 15 is 0 Å². The molecule has 1 rings (SSSR count). The molecular formula is C9H11F3O. The van der Waals surface area contributed by atoms with Crippen LogP contribution in [0.4, 0.5) is 13.2 Å². The molecule has 0 heterocycles. The van der Waals surface area contributed by atoms with Gasteiger partial charge in [-0.05, 0) is 12.2 Å². The summed E-state index contributed by atoms with van der Waals surface area (Å²) < 4.78 is 37.5. The first-order valence-electron chi connectivity index (χ1n) is 3.96. The molecule has 1 unspecified atom stereocenters. The van der Waals surface area contributed by atoms with Crippen molar-refractivity contribution in [1.29, 1.82) is 0 Å². The van der Waals surface area contributed by atoms with Crippen molar-refractivity contribution in [2.45, 2.75) is 0 Å². The predicted octanol–water partition coefficient (Wildman–Crippen LogP) is 2.51. The standard InChI is InChI=1S/C9H11F3O/c10-4-7-1-2-8(13)3-9(7,5-11)6-12/h1-3,7,13H,4-6H2. The van der Waals surface area contributed by atoms with Gasteiger partial charge >= 0.3 is 0 Å². The Morgan fingerprint density at radius 3 is 2.38 bits per heavy atom. The number of aliphatic hydroxyl groups excluding tert-OH is 1. The Kier molecular flexibility index (Phi) is 3.01. The van der Waals surface area contributed by atoms with Crippen molar-refractivity contribution in [3.8, 4) is 0 Å². The fraction of sp³-hybridized carbons (Fsp3) is 0.556. The Labute approximate surface area is 74.6 Å². The highest BCUT2D eigenvalue weighted by molar-refractivity contribution is 5.24. The lowest BCUT2D eigenvalue weighted by Crippen LogP contribution is -2.35. The van der Waals surface area contributed by atoms with Gasteiger partial charge in [-0.2, -0.15) is 0 Å². The van der Waals surface area contributed by atoms with Gasteiger partial charge in [0.1, 0.15) is 19.1 Å². The molecule has 4 heteroatoms. The Morgan fingerprint density at radius 2 is 1.92 bits per heavy atom. The van der Waals surface area contributed by atoms with Gasteiger partial charge in [0.05, 0.1) is 12.1 Å². The van der Waals surface area contributed by atoms with E-state index in [4.69, 9.17) is 5.11 Å². The van der Waals surface area contributed by atoms with E-state index in [1.54, 1.807) is 0 Å². The van der Waals surface area contributed by atoms with Crippen LogP contribution in [-0.4, -0.2) is 25.1 Å². The molecule has 1 nitrogen and oxygen atoms in total. The number of alkyl halides is 3. The second-order valence-electron chi connectivity index (χ2n) is 3.19. The van der Waals surface area contributed by atoms with Crippen molar-refractivity contribution in [2.75, 3.05) is 20.0 Å². The maximum atomic E-state index is 12.5. The summed E-state index contributed by atoms with van der Waals surface area (Å²) in [5.74, 6) is -1.03. The maximum absolute atomic E-state index is 12.5. The van der Waals surface area contributed by atoms with Gasteiger partial charge in [-0.25, -0.2) is 0 Å². The van der Waals surface area contributed by atoms with E-state index in [1.807, 2.05) is 0 Å². The van der Waals surface area contributed by atoms with E-state index in [0.717, 1.165) is 6.08 Å². The molecular weight excluding hydrogens is 181 g/mol. The molecule has 0 aromatic heterocycles. The SMILES string of the molecule is OC1=CC(CF)(CF)C(CF)C=C1. The van der Waals surface area contributed by atoms with Gasteiger partial charge in [0.2, 0.25) is 0 Å². The van der Waals surface area contributed by atoms with Crippen molar-refractivity contribution >= 4 is 0 Å². The second-order valence-corrected chi connectivity index (χ2v) is 3.19. The van der Waals surface area contributed by atoms with Crippen molar-refractivity contribution in [3.63, 3.8) is 0 Å². The van der Waals surface area contributed by atoms with Crippen molar-refractivity contribution in [3.05, 3.63) is 24.0 Å². The third-order valence-electron chi connectivity index (χ3n) is 2.34. The van der Waals surface area contributed by atoms with Gasteiger partial charge in [0.25, 0.3) is 0 Å². The smallest absolute Gasteiger partial charge is 0.112 e. The fourth-order valence-electron chi connectivity index (χ4n) is 1.37. The summed E-state index contributed by atoms with van der Waals surface area (Å²) in [4.78, 5) is 0. The molecule has 0 saturated heterocycles. The first-order chi connectivity index (χ1) is 6.18. The Morgan fingerprint density at radius 1 is 1.31 bits per heavy atom. The normalized spacial score (nSPS) is 25.8. The second kappa shape index (κ2) is 3.85. The molecule has 0 saturated carbocycles. The third kappa shape index (κ3) is 1.71. The Hall–Kier alpha value is -0.930. The molecule has 13 heavy (non-hydrogen) atoms. The van der Waals surface area contributed by atoms with Gasteiger partial charge in [0.15, 0.2) is 0 Å². The largest absolute Gasteiger partial charge is 0.508 e. The third-order valence-corrected chi connectivity index (χ3v) is 2.34. The van der Waals surface area contributed by atoms with Crippen LogP contribution in [0.5, 0.6) is 0 Å². The molecule has 0 aromatic rings. The lowest BCUT2D eigenvalue weighted by molar-refractivity contribution is 0.127. The van der Waals surface area contributed by atoms with Gasteiger partial charge in [-0.1, -0.05) is 6.08 Å². The highest BCUT2D eigenvalue weighted by Gasteiger charge is 2.38. The minimum Gasteiger partial charge on any atom is -0.508 e. The summed E-state index contributed by atoms with van der Waals surface area (Å²) in [7, 11) is 0. The summed E-state index contributed by atoms with van der Waals surface area (Å²) in [5.41, 5.74) is -1.51. The fourth-order valence-corrected chi connectivity index (χ4v) is 1.37. The first kappa shape index (κ1) is 10.2. The summed E-state index contributed by atoms with van der Waals surface area (Å²) >= 11 is 0. The molecule has 1 atom stereocenters. The highest BCUT2D eigenvalue weighted by Crippen LogP contribution is 2.36. The zero-order valence-electron chi connectivity index (χ0n) is 7.01. The van der Waals surface area contributed by atoms with E-state index in [-0.39, 0.29) is 5.76 Å². The summed E-state index contributed by atoms with van der Waals surface area (Å²) in [5, 5.41) is 9.04. The Balaban J connectivity index is 2.95. The first-order valence-corrected chi connectivity index (χ1v) is 3.96. The van der Waals surface area contributed by atoms with Crippen LogP contribution >= 0.6 is 0 Å². The van der Waals surface area contributed by atoms with E-state index in [2.05, 4.69) is 0 Å². The van der Waals surface area contributed by atoms with E-state index in [0.29, 0.717) is 0 Å². The van der Waals surface area contributed by atoms with Crippen LogP contribution in [-0.2, 0) is 0 Å². The zero-order valence-corrected chi connectivity index (χ0v) is 7.01. The Bertz CT molecular complexity index is 231. The van der Waals surface area contributed by atoms with E-state index < -0.39 is 31.4 Å². The lowest BCUT2D eigenvalue weighted by Gasteiger charge is -2.32. The molecule has 1 N–H and O–H groups in total. The van der Waals surface area contributed by atoms with Crippen molar-refractivity contribution in [1.82, 2.24) is 0 Å². The molecule has 74 valence electrons. The molecule has 1 aliphatic rings. The molecule has 0 aromatic carbocycles. The quantitative estimate of drug-likeness (QED) is 0.728. The van der Waals surface area contributed by atoms with Crippen molar-refractivity contribution < 1.29 is 18.3 Å². The van der Waals surface area contributed by atoms with Gasteiger partial charge in [-0.3, -0.25) is 13.2 Å². The minimum atomic E-state index is -1.51. The number of halogens is 3. The number of rotatable bonds is 3. The topological polar surface area (TPSA) is 20.2 Å². The summed E-state index contributed by atoms with van der Waals surface area (Å²) in [6.45, 7) is -2.84. The number of hydrogen-bond donors (Lipinski definition) is 1. The highest BCUT2D eigenvalue weighted by atomic mass is 19.1. The molecule has 0 fully saturated rings. The number of allylic oxidation sites excluding steroid dienone is 3. The lowest BCUT2D eigenvalue weighted by atomic mass is 9.75. The molecule has 0 spiro atoms. The van der Waals surface area contributed by atoms with Crippen LogP contribution in [0.3, 0.4) is 0 Å². The molecule has 1 aliphatic carbocycles. The minimum absolute atomic E-state index is 0.208. The van der Waals surface area contributed by atoms with Crippen LogP contribution in [0.1, 0.15) is 0 Å². The molecule has 0 aliphatic heterocycles. The van der Waals surface area contributed by atoms with E-state index in [1.165, 1.54) is 12.2 Å². The van der Waals surface area contributed by atoms with Crippen molar-refractivity contribution in [2.24, 2.45) is 11.3 Å². The molecule has 0 bridgehead atoms. The molecule has 0 radical (unpaired) electrons. The predicted molar refractivity (Wildman–Crippen MR) is 43.7 cm³/mol. The summed E-state index contributed by atoms with van der Waals surface area (Å²) in [6, 6.07) is 0. The average Bonchev–Trinajstić information content (AvgIpc) is 2.17. The monoisotopic (exact) mass is 192 g/mol. The van der Waals surface area contributed by atoms with Crippen LogP contribution < -0.4 is 0 Å². The van der Waals surface area contributed by atoms with Crippen LogP contribution in [0.25, 0.3) is 0 Å². The van der Waals surface area contributed by atoms with Gasteiger partial charge in [0, 0.05) is 5.92 Å². The number of hydrogen-bond acceptors (Lipinski definition) is 1. The maximum Gasteiger partial charge on any atom is 0.112 e. The number of aliphatic hydroxyl groups is 1. The van der Waals surface area contributed by atoms with Crippen LogP contribution in [0.15, 0.2) is 24.0 Å². The zero-order chi connectivity index (χ0) is 9.90.